The molecule has 0 aromatic heterocycles. The molecule has 2 rings (SSSR count). The Labute approximate surface area is 178 Å². The van der Waals surface area contributed by atoms with Crippen LogP contribution in [0.4, 0.5) is 11.4 Å². The highest BCUT2D eigenvalue weighted by molar-refractivity contribution is 5.91. The fraction of sp³-hybridized carbons (Fsp3) is 0.696. The summed E-state index contributed by atoms with van der Waals surface area (Å²) in [6, 6.07) is 4.71. The van der Waals surface area contributed by atoms with Gasteiger partial charge in [0, 0.05) is 12.1 Å². The van der Waals surface area contributed by atoms with Crippen molar-refractivity contribution >= 4 is 17.3 Å². The van der Waals surface area contributed by atoms with Crippen molar-refractivity contribution in [3.05, 3.63) is 33.9 Å². The summed E-state index contributed by atoms with van der Waals surface area (Å²) >= 11 is 0. The molecule has 0 saturated heterocycles. The van der Waals surface area contributed by atoms with Gasteiger partial charge in [-0.25, -0.2) is 4.79 Å². The Morgan fingerprint density at radius 1 is 1.03 bits per heavy atom. The average molecular weight is 413 g/mol. The van der Waals surface area contributed by atoms with Gasteiger partial charge in [0.25, 0.3) is 5.69 Å². The number of nitro groups is 1. The van der Waals surface area contributed by atoms with Gasteiger partial charge in [-0.1, -0.05) is 74.7 Å². The molecule has 0 aliphatic heterocycles. The number of carbonyl (C=O) groups excluding carboxylic acids is 1. The van der Waals surface area contributed by atoms with Crippen molar-refractivity contribution in [2.75, 3.05) is 11.9 Å². The molecule has 0 heterocycles. The number of anilines is 1. The molecular weight excluding hydrogens is 368 g/mol. The Balaban J connectivity index is -0.000000754. The molecule has 0 amide bonds. The van der Waals surface area contributed by atoms with Crippen LogP contribution in [0.1, 0.15) is 105 Å². The maximum absolute atomic E-state index is 11.7. The summed E-state index contributed by atoms with van der Waals surface area (Å²) in [7, 11) is 0. The third-order valence-corrected chi connectivity index (χ3v) is 3.67. The van der Waals surface area contributed by atoms with Gasteiger partial charge in [0.05, 0.1) is 17.1 Å². The van der Waals surface area contributed by atoms with Gasteiger partial charge < -0.3 is 10.1 Å². The van der Waals surface area contributed by atoms with Gasteiger partial charge >= 0.3 is 5.97 Å². The van der Waals surface area contributed by atoms with Crippen LogP contribution in [0.25, 0.3) is 0 Å². The molecule has 1 fully saturated rings. The molecule has 1 aromatic carbocycles. The number of rotatable bonds is 5. The highest BCUT2D eigenvalue weighted by Crippen LogP contribution is 2.29. The lowest BCUT2D eigenvalue weighted by Crippen LogP contribution is -2.22. The molecule has 0 spiro atoms. The van der Waals surface area contributed by atoms with Crippen LogP contribution in [0, 0.1) is 10.1 Å². The number of esters is 1. The number of benzene rings is 1. The van der Waals surface area contributed by atoms with E-state index in [1.165, 1.54) is 12.5 Å². The fourth-order valence-corrected chi connectivity index (χ4v) is 2.61. The van der Waals surface area contributed by atoms with E-state index in [4.69, 9.17) is 4.74 Å². The molecule has 6 nitrogen and oxygen atoms in total. The summed E-state index contributed by atoms with van der Waals surface area (Å²) in [5.74, 6) is -0.537. The Morgan fingerprint density at radius 2 is 1.55 bits per heavy atom. The van der Waals surface area contributed by atoms with Crippen molar-refractivity contribution in [3.63, 3.8) is 0 Å². The standard InChI is InChI=1S/C15H20N2O4.4C2H6/c1-2-21-15(18)11-8-9-13(14(10-11)17(19)20)16-12-6-4-3-5-7-12;4*1-2/h8-10,12,16H,2-7H2,1H3;4*1-2H3. The number of hydrogen-bond acceptors (Lipinski definition) is 5. The number of ether oxygens (including phenoxy) is 1. The highest BCUT2D eigenvalue weighted by Gasteiger charge is 2.21. The van der Waals surface area contributed by atoms with E-state index < -0.39 is 10.9 Å². The summed E-state index contributed by atoms with van der Waals surface area (Å²) in [5, 5.41) is 14.4. The lowest BCUT2D eigenvalue weighted by molar-refractivity contribution is -0.384. The van der Waals surface area contributed by atoms with E-state index in [-0.39, 0.29) is 23.9 Å². The number of nitro benzene ring substituents is 1. The maximum Gasteiger partial charge on any atom is 0.338 e. The van der Waals surface area contributed by atoms with E-state index in [2.05, 4.69) is 5.32 Å². The van der Waals surface area contributed by atoms with Crippen molar-refractivity contribution in [2.24, 2.45) is 0 Å². The molecule has 0 unspecified atom stereocenters. The van der Waals surface area contributed by atoms with E-state index in [1.807, 2.05) is 55.4 Å². The molecular formula is C23H44N2O4. The fourth-order valence-electron chi connectivity index (χ4n) is 2.61. The van der Waals surface area contributed by atoms with Crippen LogP contribution in [0.2, 0.25) is 0 Å². The molecule has 1 aromatic rings. The van der Waals surface area contributed by atoms with Crippen LogP contribution in [0.15, 0.2) is 18.2 Å². The van der Waals surface area contributed by atoms with Crippen LogP contribution < -0.4 is 5.32 Å². The van der Waals surface area contributed by atoms with Crippen LogP contribution in [0.3, 0.4) is 0 Å². The number of nitrogens with one attached hydrogen (secondary N) is 1. The smallest absolute Gasteiger partial charge is 0.338 e. The third-order valence-electron chi connectivity index (χ3n) is 3.67. The minimum absolute atomic E-state index is 0.0777. The third kappa shape index (κ3) is 12.9. The van der Waals surface area contributed by atoms with Crippen LogP contribution >= 0.6 is 0 Å². The molecule has 1 saturated carbocycles. The topological polar surface area (TPSA) is 81.5 Å². The number of carbonyl (C=O) groups is 1. The van der Waals surface area contributed by atoms with Gasteiger partial charge in [0.15, 0.2) is 0 Å². The number of nitrogens with zero attached hydrogens (tertiary/aromatic N) is 1. The van der Waals surface area contributed by atoms with E-state index in [0.717, 1.165) is 25.7 Å². The summed E-state index contributed by atoms with van der Waals surface area (Å²) in [4.78, 5) is 22.4. The van der Waals surface area contributed by atoms with E-state index in [0.29, 0.717) is 5.69 Å². The van der Waals surface area contributed by atoms with Crippen LogP contribution in [-0.2, 0) is 4.74 Å². The zero-order valence-corrected chi connectivity index (χ0v) is 20.1. The minimum Gasteiger partial charge on any atom is -0.462 e. The number of hydrogen-bond donors (Lipinski definition) is 1. The first-order valence-electron chi connectivity index (χ1n) is 11.3. The quantitative estimate of drug-likeness (QED) is 0.305. The Bertz CT molecular complexity index is 528. The molecule has 0 bridgehead atoms. The second kappa shape index (κ2) is 22.2. The van der Waals surface area contributed by atoms with Gasteiger partial charge in [-0.05, 0) is 31.9 Å². The van der Waals surface area contributed by atoms with Crippen LogP contribution in [-0.4, -0.2) is 23.5 Å². The lowest BCUT2D eigenvalue weighted by Gasteiger charge is -2.23. The van der Waals surface area contributed by atoms with E-state index in [1.54, 1.807) is 19.1 Å². The van der Waals surface area contributed by atoms with Gasteiger partial charge in [-0.2, -0.15) is 0 Å². The van der Waals surface area contributed by atoms with Crippen molar-refractivity contribution in [1.29, 1.82) is 0 Å². The lowest BCUT2D eigenvalue weighted by atomic mass is 9.95. The molecule has 0 atom stereocenters. The monoisotopic (exact) mass is 412 g/mol. The summed E-state index contributed by atoms with van der Waals surface area (Å²) in [5.41, 5.74) is 0.601. The van der Waals surface area contributed by atoms with Crippen LogP contribution in [0.5, 0.6) is 0 Å². The van der Waals surface area contributed by atoms with Gasteiger partial charge in [0.2, 0.25) is 0 Å². The van der Waals surface area contributed by atoms with E-state index >= 15 is 0 Å². The van der Waals surface area contributed by atoms with Crippen molar-refractivity contribution in [2.45, 2.75) is 100 Å². The molecule has 6 heteroatoms. The summed E-state index contributed by atoms with van der Waals surface area (Å²) in [6.07, 6.45) is 5.56. The first-order valence-corrected chi connectivity index (χ1v) is 11.3. The second-order valence-corrected chi connectivity index (χ2v) is 5.19. The Hall–Kier alpha value is -2.11. The van der Waals surface area contributed by atoms with E-state index in [9.17, 15) is 14.9 Å². The van der Waals surface area contributed by atoms with Gasteiger partial charge in [-0.3, -0.25) is 10.1 Å². The SMILES string of the molecule is CC.CC.CC.CC.CCOC(=O)c1ccc(NC2CCCCC2)c([N+](=O)[O-])c1. The normalized spacial score (nSPS) is 12.0. The molecule has 1 N–H and O–H groups in total. The average Bonchev–Trinajstić information content (AvgIpc) is 2.80. The van der Waals surface area contributed by atoms with Crippen molar-refractivity contribution in [3.8, 4) is 0 Å². The Morgan fingerprint density at radius 3 is 2.00 bits per heavy atom. The zero-order valence-electron chi connectivity index (χ0n) is 20.1. The molecule has 0 radical (unpaired) electrons. The zero-order chi connectivity index (χ0) is 23.2. The molecule has 170 valence electrons. The Kier molecular flexibility index (Phi) is 24.2. The van der Waals surface area contributed by atoms with Crippen molar-refractivity contribution in [1.82, 2.24) is 0 Å². The van der Waals surface area contributed by atoms with Crippen molar-refractivity contribution < 1.29 is 14.5 Å². The first-order chi connectivity index (χ1) is 14.1. The first kappa shape index (κ1) is 31.6. The summed E-state index contributed by atoms with van der Waals surface area (Å²) in [6.45, 7) is 17.9. The minimum atomic E-state index is -0.537. The molecule has 1 aliphatic rings. The predicted octanol–water partition coefficient (Wildman–Crippen LogP) is 7.62. The maximum atomic E-state index is 11.7. The van der Waals surface area contributed by atoms with Gasteiger partial charge in [0.1, 0.15) is 5.69 Å². The predicted molar refractivity (Wildman–Crippen MR) is 125 cm³/mol. The summed E-state index contributed by atoms with van der Waals surface area (Å²) < 4.78 is 4.87. The second-order valence-electron chi connectivity index (χ2n) is 5.19. The molecule has 1 aliphatic carbocycles. The highest BCUT2D eigenvalue weighted by atomic mass is 16.6. The largest absolute Gasteiger partial charge is 0.462 e. The molecule has 29 heavy (non-hydrogen) atoms. The van der Waals surface area contributed by atoms with Gasteiger partial charge in [-0.15, -0.1) is 0 Å².